The number of amides is 2. The van der Waals surface area contributed by atoms with Gasteiger partial charge in [0.05, 0.1) is 10.6 Å². The fourth-order valence-electron chi connectivity index (χ4n) is 3.79. The Hall–Kier alpha value is -3.07. The second-order valence-electron chi connectivity index (χ2n) is 8.73. The predicted octanol–water partition coefficient (Wildman–Crippen LogP) is 5.52. The number of para-hydroxylation sites is 1. The number of carbonyl (C=O) groups excluding carboxylic acids is 2. The van der Waals surface area contributed by atoms with Gasteiger partial charge in [0.25, 0.3) is 10.0 Å². The van der Waals surface area contributed by atoms with Crippen LogP contribution in [0, 0.1) is 0 Å². The highest BCUT2D eigenvalue weighted by Gasteiger charge is 2.32. The first-order valence-corrected chi connectivity index (χ1v) is 14.5. The molecular formula is C28H31Cl2N3O4S. The number of nitrogens with zero attached hydrogens (tertiary/aromatic N) is 2. The number of hydrogen-bond acceptors (Lipinski definition) is 4. The zero-order valence-electron chi connectivity index (χ0n) is 21.3. The Balaban J connectivity index is 1.98. The van der Waals surface area contributed by atoms with Crippen LogP contribution in [-0.4, -0.2) is 44.3 Å². The fourth-order valence-corrected chi connectivity index (χ4v) is 5.52. The summed E-state index contributed by atoms with van der Waals surface area (Å²) in [6.07, 6.45) is 1.71. The average molecular weight is 577 g/mol. The van der Waals surface area contributed by atoms with Crippen molar-refractivity contribution in [3.05, 3.63) is 94.5 Å². The lowest BCUT2D eigenvalue weighted by atomic mass is 10.1. The van der Waals surface area contributed by atoms with Crippen molar-refractivity contribution < 1.29 is 18.0 Å². The molecule has 1 unspecified atom stereocenters. The Morgan fingerprint density at radius 3 is 2.18 bits per heavy atom. The van der Waals surface area contributed by atoms with Crippen molar-refractivity contribution in [1.82, 2.24) is 10.2 Å². The SMILES string of the molecule is CCCCNC(=O)C(C)N(Cc1ccccc1Cl)C(=O)CN(c1ccccc1)S(=O)(=O)c1ccc(Cl)cc1. The molecule has 0 aliphatic carbocycles. The minimum Gasteiger partial charge on any atom is -0.354 e. The molecule has 2 amide bonds. The maximum atomic E-state index is 13.8. The van der Waals surface area contributed by atoms with E-state index in [-0.39, 0.29) is 17.3 Å². The zero-order chi connectivity index (χ0) is 27.7. The number of benzene rings is 3. The summed E-state index contributed by atoms with van der Waals surface area (Å²) in [5.74, 6) is -0.880. The maximum absolute atomic E-state index is 13.8. The molecule has 10 heteroatoms. The summed E-state index contributed by atoms with van der Waals surface area (Å²) in [6.45, 7) is 3.63. The Bertz CT molecular complexity index is 1340. The molecule has 0 aromatic heterocycles. The molecule has 38 heavy (non-hydrogen) atoms. The van der Waals surface area contributed by atoms with Gasteiger partial charge in [0.2, 0.25) is 11.8 Å². The molecule has 0 fully saturated rings. The fraction of sp³-hybridized carbons (Fsp3) is 0.286. The van der Waals surface area contributed by atoms with Crippen LogP contribution in [0.3, 0.4) is 0 Å². The molecule has 0 bridgehead atoms. The van der Waals surface area contributed by atoms with E-state index in [9.17, 15) is 18.0 Å². The molecule has 1 N–H and O–H groups in total. The van der Waals surface area contributed by atoms with Crippen LogP contribution in [-0.2, 0) is 26.2 Å². The van der Waals surface area contributed by atoms with Crippen LogP contribution < -0.4 is 9.62 Å². The largest absolute Gasteiger partial charge is 0.354 e. The molecular weight excluding hydrogens is 545 g/mol. The first-order chi connectivity index (χ1) is 18.1. The maximum Gasteiger partial charge on any atom is 0.264 e. The van der Waals surface area contributed by atoms with Crippen molar-refractivity contribution >= 4 is 50.7 Å². The number of halogens is 2. The summed E-state index contributed by atoms with van der Waals surface area (Å²) in [5, 5.41) is 3.69. The number of hydrogen-bond donors (Lipinski definition) is 1. The second kappa shape index (κ2) is 13.6. The zero-order valence-corrected chi connectivity index (χ0v) is 23.6. The van der Waals surface area contributed by atoms with Gasteiger partial charge in [0.1, 0.15) is 12.6 Å². The van der Waals surface area contributed by atoms with Gasteiger partial charge in [-0.2, -0.15) is 0 Å². The quantitative estimate of drug-likeness (QED) is 0.288. The van der Waals surface area contributed by atoms with Crippen LogP contribution in [0.15, 0.2) is 83.8 Å². The van der Waals surface area contributed by atoms with E-state index < -0.39 is 28.5 Å². The van der Waals surface area contributed by atoms with E-state index in [4.69, 9.17) is 23.2 Å². The van der Waals surface area contributed by atoms with Crippen LogP contribution in [0.1, 0.15) is 32.3 Å². The van der Waals surface area contributed by atoms with E-state index in [2.05, 4.69) is 5.32 Å². The Morgan fingerprint density at radius 1 is 0.921 bits per heavy atom. The van der Waals surface area contributed by atoms with Crippen molar-refractivity contribution in [2.75, 3.05) is 17.4 Å². The number of rotatable bonds is 12. The summed E-state index contributed by atoms with van der Waals surface area (Å²) in [7, 11) is -4.14. The summed E-state index contributed by atoms with van der Waals surface area (Å²) < 4.78 is 28.5. The number of sulfonamides is 1. The lowest BCUT2D eigenvalue weighted by molar-refractivity contribution is -0.139. The highest BCUT2D eigenvalue weighted by Crippen LogP contribution is 2.26. The minimum atomic E-state index is -4.14. The smallest absolute Gasteiger partial charge is 0.264 e. The van der Waals surface area contributed by atoms with Crippen molar-refractivity contribution in [2.24, 2.45) is 0 Å². The molecule has 1 atom stereocenters. The van der Waals surface area contributed by atoms with Gasteiger partial charge in [-0.15, -0.1) is 0 Å². The summed E-state index contributed by atoms with van der Waals surface area (Å²) >= 11 is 12.3. The third kappa shape index (κ3) is 7.49. The Morgan fingerprint density at radius 2 is 1.55 bits per heavy atom. The average Bonchev–Trinajstić information content (AvgIpc) is 2.91. The molecule has 0 saturated carbocycles. The van der Waals surface area contributed by atoms with Crippen LogP contribution in [0.25, 0.3) is 0 Å². The van der Waals surface area contributed by atoms with E-state index in [0.717, 1.165) is 17.1 Å². The summed E-state index contributed by atoms with van der Waals surface area (Å²) in [6, 6.07) is 20.3. The molecule has 202 valence electrons. The molecule has 0 aliphatic heterocycles. The van der Waals surface area contributed by atoms with Crippen molar-refractivity contribution in [2.45, 2.75) is 44.2 Å². The molecule has 0 saturated heterocycles. The monoisotopic (exact) mass is 575 g/mol. The van der Waals surface area contributed by atoms with Gasteiger partial charge in [-0.1, -0.05) is 72.9 Å². The van der Waals surface area contributed by atoms with Gasteiger partial charge < -0.3 is 10.2 Å². The molecule has 0 radical (unpaired) electrons. The van der Waals surface area contributed by atoms with Crippen LogP contribution in [0.2, 0.25) is 10.0 Å². The summed E-state index contributed by atoms with van der Waals surface area (Å²) in [5.41, 5.74) is 0.955. The lowest BCUT2D eigenvalue weighted by Crippen LogP contribution is -2.51. The molecule has 0 aliphatic rings. The van der Waals surface area contributed by atoms with E-state index in [0.29, 0.717) is 27.8 Å². The first kappa shape index (κ1) is 29.5. The van der Waals surface area contributed by atoms with Gasteiger partial charge in [0.15, 0.2) is 0 Å². The minimum absolute atomic E-state index is 0.0124. The third-order valence-corrected chi connectivity index (χ3v) is 8.43. The standard InChI is InChI=1S/C28H31Cl2N3O4S/c1-3-4-18-31-28(35)21(2)32(19-22-10-8-9-13-26(22)30)27(34)20-33(24-11-6-5-7-12-24)38(36,37)25-16-14-23(29)15-17-25/h5-17,21H,3-4,18-20H2,1-2H3,(H,31,35). The molecule has 0 spiro atoms. The Labute approximate surface area is 234 Å². The van der Waals surface area contributed by atoms with Gasteiger partial charge in [-0.05, 0) is 61.4 Å². The number of anilines is 1. The van der Waals surface area contributed by atoms with Gasteiger partial charge >= 0.3 is 0 Å². The number of unbranched alkanes of at least 4 members (excludes halogenated alkanes) is 1. The molecule has 3 aromatic carbocycles. The van der Waals surface area contributed by atoms with Crippen LogP contribution >= 0.6 is 23.2 Å². The Kier molecular flexibility index (Phi) is 10.6. The first-order valence-electron chi connectivity index (χ1n) is 12.3. The normalized spacial score (nSPS) is 12.0. The van der Waals surface area contributed by atoms with E-state index in [1.807, 2.05) is 6.92 Å². The third-order valence-electron chi connectivity index (χ3n) is 6.02. The second-order valence-corrected chi connectivity index (χ2v) is 11.4. The van der Waals surface area contributed by atoms with Gasteiger partial charge in [0, 0.05) is 23.1 Å². The molecule has 3 aromatic rings. The molecule has 7 nitrogen and oxygen atoms in total. The topological polar surface area (TPSA) is 86.8 Å². The lowest BCUT2D eigenvalue weighted by Gasteiger charge is -2.32. The summed E-state index contributed by atoms with van der Waals surface area (Å²) in [4.78, 5) is 28.1. The van der Waals surface area contributed by atoms with Crippen LogP contribution in [0.4, 0.5) is 5.69 Å². The van der Waals surface area contributed by atoms with Crippen LogP contribution in [0.5, 0.6) is 0 Å². The number of carbonyl (C=O) groups is 2. The predicted molar refractivity (Wildman–Crippen MR) is 152 cm³/mol. The van der Waals surface area contributed by atoms with Crippen molar-refractivity contribution in [1.29, 1.82) is 0 Å². The molecule has 0 heterocycles. The van der Waals surface area contributed by atoms with Gasteiger partial charge in [-0.25, -0.2) is 8.42 Å². The molecule has 3 rings (SSSR count). The highest BCUT2D eigenvalue weighted by molar-refractivity contribution is 7.92. The number of nitrogens with one attached hydrogen (secondary N) is 1. The van der Waals surface area contributed by atoms with E-state index in [1.165, 1.54) is 29.2 Å². The van der Waals surface area contributed by atoms with Gasteiger partial charge in [-0.3, -0.25) is 13.9 Å². The van der Waals surface area contributed by atoms with E-state index in [1.54, 1.807) is 61.5 Å². The highest BCUT2D eigenvalue weighted by atomic mass is 35.5. The van der Waals surface area contributed by atoms with Crippen molar-refractivity contribution in [3.8, 4) is 0 Å². The van der Waals surface area contributed by atoms with E-state index >= 15 is 0 Å². The van der Waals surface area contributed by atoms with Crippen molar-refractivity contribution in [3.63, 3.8) is 0 Å².